The molecule has 0 fully saturated rings. The Hall–Kier alpha value is -5.15. The van der Waals surface area contributed by atoms with E-state index in [2.05, 4.69) is 12.1 Å². The van der Waals surface area contributed by atoms with E-state index < -0.39 is 12.0 Å². The van der Waals surface area contributed by atoms with Crippen molar-refractivity contribution in [3.8, 4) is 22.8 Å². The van der Waals surface area contributed by atoms with E-state index in [1.54, 1.807) is 55.2 Å². The maximum atomic E-state index is 14.2. The third-order valence-electron chi connectivity index (χ3n) is 7.93. The van der Waals surface area contributed by atoms with Gasteiger partial charge in [0.1, 0.15) is 23.0 Å². The van der Waals surface area contributed by atoms with E-state index in [9.17, 15) is 14.7 Å². The van der Waals surface area contributed by atoms with Crippen molar-refractivity contribution in [1.82, 2.24) is 4.57 Å². The number of methoxy groups -OCH3 is 2. The molecule has 1 aliphatic carbocycles. The van der Waals surface area contributed by atoms with Crippen LogP contribution in [0, 0.1) is 0 Å². The summed E-state index contributed by atoms with van der Waals surface area (Å²) >= 11 is 1.29. The molecule has 9 heteroatoms. The zero-order chi connectivity index (χ0) is 29.7. The SMILES string of the molecule is COc1ccc(OC)c([C@H]2C3=C(N=c4s/c(=C/c5ccc(-c6ccccc6C(=O)O)o5)c(=O)n42)c2ccccc2CC3)c1. The zero-order valence-electron chi connectivity index (χ0n) is 23.4. The standard InChI is InChI=1S/C34H26N2O6S/c1-40-20-12-15-27(41-2)26(17-20)31-25-14-11-19-7-3-4-8-22(19)30(25)35-34-36(31)32(37)29(43-34)18-21-13-16-28(42-21)23-9-5-6-10-24(23)33(38)39/h3-10,12-13,15-18,31H,11,14H2,1-2H3,(H,38,39)/b29-18+/t31-/m1/s1. The van der Waals surface area contributed by atoms with Crippen molar-refractivity contribution in [2.45, 2.75) is 18.9 Å². The first-order valence-corrected chi connectivity index (χ1v) is 14.6. The van der Waals surface area contributed by atoms with Gasteiger partial charge in [0.05, 0.1) is 36.1 Å². The monoisotopic (exact) mass is 590 g/mol. The minimum absolute atomic E-state index is 0.140. The van der Waals surface area contributed by atoms with Crippen molar-refractivity contribution < 1.29 is 23.8 Å². The first-order valence-electron chi connectivity index (χ1n) is 13.7. The second-order valence-electron chi connectivity index (χ2n) is 10.3. The summed E-state index contributed by atoms with van der Waals surface area (Å²) in [6.45, 7) is 0. The molecule has 2 aliphatic rings. The molecule has 7 rings (SSSR count). The summed E-state index contributed by atoms with van der Waals surface area (Å²) in [6, 6.07) is 23.6. The maximum absolute atomic E-state index is 14.2. The highest BCUT2D eigenvalue weighted by Gasteiger charge is 2.34. The number of carboxylic acid groups (broad SMARTS) is 1. The summed E-state index contributed by atoms with van der Waals surface area (Å²) in [5.74, 6) is 1.12. The molecule has 0 amide bonds. The molecule has 0 bridgehead atoms. The molecule has 0 unspecified atom stereocenters. The van der Waals surface area contributed by atoms with Crippen LogP contribution in [0.2, 0.25) is 0 Å². The van der Waals surface area contributed by atoms with Gasteiger partial charge in [-0.05, 0) is 60.4 Å². The van der Waals surface area contributed by atoms with Crippen LogP contribution in [0.1, 0.15) is 45.3 Å². The summed E-state index contributed by atoms with van der Waals surface area (Å²) in [5, 5.41) is 9.61. The average molecular weight is 591 g/mol. The van der Waals surface area contributed by atoms with E-state index in [4.69, 9.17) is 18.9 Å². The van der Waals surface area contributed by atoms with E-state index in [1.807, 2.05) is 30.3 Å². The van der Waals surface area contributed by atoms with Gasteiger partial charge in [-0.25, -0.2) is 9.79 Å². The predicted octanol–water partition coefficient (Wildman–Crippen LogP) is 5.29. The Bertz CT molecular complexity index is 2130. The number of thiazole rings is 1. The summed E-state index contributed by atoms with van der Waals surface area (Å²) in [6.07, 6.45) is 3.27. The molecule has 3 aromatic carbocycles. The number of furan rings is 1. The lowest BCUT2D eigenvalue weighted by Crippen LogP contribution is -2.39. The van der Waals surface area contributed by atoms with Gasteiger partial charge in [0.15, 0.2) is 4.80 Å². The number of hydrogen-bond acceptors (Lipinski definition) is 7. The van der Waals surface area contributed by atoms with Gasteiger partial charge in [0.2, 0.25) is 0 Å². The van der Waals surface area contributed by atoms with Crippen LogP contribution in [0.4, 0.5) is 0 Å². The van der Waals surface area contributed by atoms with Crippen molar-refractivity contribution in [3.05, 3.63) is 132 Å². The quantitative estimate of drug-likeness (QED) is 0.288. The van der Waals surface area contributed by atoms with Crippen LogP contribution in [0.15, 0.2) is 98.6 Å². The van der Waals surface area contributed by atoms with Gasteiger partial charge in [-0.2, -0.15) is 0 Å². The minimum Gasteiger partial charge on any atom is -0.497 e. The number of hydrogen-bond donors (Lipinski definition) is 1. The number of carbonyl (C=O) groups is 1. The molecule has 8 nitrogen and oxygen atoms in total. The predicted molar refractivity (Wildman–Crippen MR) is 163 cm³/mol. The van der Waals surface area contributed by atoms with Crippen molar-refractivity contribution in [3.63, 3.8) is 0 Å². The lowest BCUT2D eigenvalue weighted by Gasteiger charge is -2.31. The van der Waals surface area contributed by atoms with Crippen LogP contribution in [-0.2, 0) is 6.42 Å². The molecular weight excluding hydrogens is 564 g/mol. The molecule has 214 valence electrons. The molecule has 1 atom stereocenters. The number of rotatable bonds is 6. The molecule has 2 aromatic heterocycles. The first-order chi connectivity index (χ1) is 21.0. The average Bonchev–Trinajstić information content (AvgIpc) is 3.63. The second kappa shape index (κ2) is 10.6. The lowest BCUT2D eigenvalue weighted by atomic mass is 9.83. The zero-order valence-corrected chi connectivity index (χ0v) is 24.2. The molecule has 1 N–H and O–H groups in total. The van der Waals surface area contributed by atoms with E-state index in [0.717, 1.165) is 35.2 Å². The molecule has 1 aliphatic heterocycles. The smallest absolute Gasteiger partial charge is 0.336 e. The third kappa shape index (κ3) is 4.49. The van der Waals surface area contributed by atoms with Gasteiger partial charge in [-0.1, -0.05) is 53.8 Å². The highest BCUT2D eigenvalue weighted by Crippen LogP contribution is 2.44. The minimum atomic E-state index is -1.04. The van der Waals surface area contributed by atoms with Gasteiger partial charge in [0, 0.05) is 22.8 Å². The highest BCUT2D eigenvalue weighted by molar-refractivity contribution is 7.07. The largest absolute Gasteiger partial charge is 0.497 e. The van der Waals surface area contributed by atoms with E-state index >= 15 is 0 Å². The van der Waals surface area contributed by atoms with E-state index in [0.29, 0.717) is 37.9 Å². The number of nitrogens with zero attached hydrogens (tertiary/aromatic N) is 2. The van der Waals surface area contributed by atoms with E-state index in [-0.39, 0.29) is 11.1 Å². The van der Waals surface area contributed by atoms with Gasteiger partial charge in [-0.15, -0.1) is 0 Å². The number of aryl methyl sites for hydroxylation is 1. The topological polar surface area (TPSA) is 103 Å². The van der Waals surface area contributed by atoms with Gasteiger partial charge in [-0.3, -0.25) is 9.36 Å². The number of allylic oxidation sites excluding steroid dienone is 1. The Balaban J connectivity index is 1.42. The van der Waals surface area contributed by atoms with Gasteiger partial charge >= 0.3 is 5.97 Å². The first kappa shape index (κ1) is 26.7. The fraction of sp³-hybridized carbons (Fsp3) is 0.147. The Kier molecular flexibility index (Phi) is 6.59. The summed E-state index contributed by atoms with van der Waals surface area (Å²) in [7, 11) is 3.24. The molecular formula is C34H26N2O6S. The number of aromatic carboxylic acids is 1. The molecule has 0 saturated carbocycles. The number of carboxylic acids is 1. The normalized spacial score (nSPS) is 15.8. The molecule has 0 radical (unpaired) electrons. The van der Waals surface area contributed by atoms with E-state index in [1.165, 1.54) is 23.0 Å². The third-order valence-corrected chi connectivity index (χ3v) is 8.91. The van der Waals surface area contributed by atoms with Crippen LogP contribution >= 0.6 is 11.3 Å². The highest BCUT2D eigenvalue weighted by atomic mass is 32.1. The molecule has 0 spiro atoms. The fourth-order valence-corrected chi connectivity index (χ4v) is 6.92. The van der Waals surface area contributed by atoms with Crippen LogP contribution in [0.25, 0.3) is 23.1 Å². The summed E-state index contributed by atoms with van der Waals surface area (Å²) in [5.41, 5.74) is 5.46. The van der Waals surface area contributed by atoms with Crippen molar-refractivity contribution in [2.24, 2.45) is 4.99 Å². The Morgan fingerprint density at radius 2 is 1.79 bits per heavy atom. The maximum Gasteiger partial charge on any atom is 0.336 e. The Labute approximate surface area is 250 Å². The molecule has 3 heterocycles. The van der Waals surface area contributed by atoms with Crippen molar-refractivity contribution in [1.29, 1.82) is 0 Å². The van der Waals surface area contributed by atoms with Crippen molar-refractivity contribution >= 4 is 29.1 Å². The summed E-state index contributed by atoms with van der Waals surface area (Å²) < 4.78 is 19.6. The number of fused-ring (bicyclic) bond motifs is 3. The fourth-order valence-electron chi connectivity index (χ4n) is 5.94. The lowest BCUT2D eigenvalue weighted by molar-refractivity contribution is 0.0697. The Morgan fingerprint density at radius 3 is 2.58 bits per heavy atom. The van der Waals surface area contributed by atoms with Crippen LogP contribution in [0.3, 0.4) is 0 Å². The number of aromatic nitrogens is 1. The molecule has 5 aromatic rings. The number of benzene rings is 3. The van der Waals surface area contributed by atoms with Crippen LogP contribution in [-0.4, -0.2) is 29.9 Å². The van der Waals surface area contributed by atoms with Gasteiger partial charge in [0.25, 0.3) is 5.56 Å². The van der Waals surface area contributed by atoms with Crippen molar-refractivity contribution in [2.75, 3.05) is 14.2 Å². The Morgan fingerprint density at radius 1 is 1.00 bits per heavy atom. The number of ether oxygens (including phenoxy) is 2. The van der Waals surface area contributed by atoms with Crippen LogP contribution < -0.4 is 24.4 Å². The van der Waals surface area contributed by atoms with Gasteiger partial charge < -0.3 is 19.0 Å². The van der Waals surface area contributed by atoms with Crippen LogP contribution in [0.5, 0.6) is 11.5 Å². The second-order valence-corrected chi connectivity index (χ2v) is 11.3. The molecule has 43 heavy (non-hydrogen) atoms. The summed E-state index contributed by atoms with van der Waals surface area (Å²) in [4.78, 5) is 31.5. The molecule has 0 saturated heterocycles.